The first kappa shape index (κ1) is 18.8. The number of hydrogen-bond acceptors (Lipinski definition) is 2. The Balaban J connectivity index is 0.00000324. The Morgan fingerprint density at radius 1 is 1.37 bits per heavy atom. The zero-order valence-electron chi connectivity index (χ0n) is 12.5. The third kappa shape index (κ3) is 4.70. The van der Waals surface area contributed by atoms with E-state index in [0.717, 1.165) is 22.9 Å². The van der Waals surface area contributed by atoms with Gasteiger partial charge in [0.05, 0.1) is 0 Å². The third-order valence-electron chi connectivity index (χ3n) is 3.56. The molecular weight excluding hydrogens is 323 g/mol. The third-order valence-corrected chi connectivity index (χ3v) is 6.24. The minimum Gasteiger partial charge on any atom is -0.147 e. The zero-order chi connectivity index (χ0) is 13.8. The number of methoxy groups -OCH3 is 1. The number of benzene rings is 1. The van der Waals surface area contributed by atoms with Crippen LogP contribution in [0, 0.1) is 5.92 Å². The van der Waals surface area contributed by atoms with Crippen LogP contribution in [0.3, 0.4) is 0 Å². The van der Waals surface area contributed by atoms with Gasteiger partial charge in [-0.1, -0.05) is 0 Å². The first-order valence-electron chi connectivity index (χ1n) is 6.45. The molecule has 0 aliphatic heterocycles. The van der Waals surface area contributed by atoms with E-state index in [2.05, 4.69) is 25.3 Å². The van der Waals surface area contributed by atoms with Crippen LogP contribution in [0.2, 0.25) is 16.6 Å². The molecule has 1 aromatic rings. The predicted octanol–water partition coefficient (Wildman–Crippen LogP) is 4.11. The molecule has 2 atom stereocenters. The molecular formula is C15H26AsClO2. The molecule has 0 aliphatic rings. The maximum absolute atomic E-state index is 11.0. The Hall–Kier alpha value is -0.172. The molecule has 0 radical (unpaired) electrons. The van der Waals surface area contributed by atoms with Crippen molar-refractivity contribution >= 4 is 27.1 Å². The quantitative estimate of drug-likeness (QED) is 0.784. The number of rotatable bonds is 6. The van der Waals surface area contributed by atoms with Crippen LogP contribution in [0.5, 0.6) is 5.75 Å². The number of halogens is 1. The largest absolute Gasteiger partial charge is 0.147 e. The fraction of sp³-hybridized carbons (Fsp3) is 0.600. The second-order valence-electron chi connectivity index (χ2n) is 5.17. The van der Waals surface area contributed by atoms with Gasteiger partial charge >= 0.3 is 116 Å². The summed E-state index contributed by atoms with van der Waals surface area (Å²) in [5, 5.41) is 12.2. The van der Waals surface area contributed by atoms with E-state index in [1.807, 2.05) is 24.3 Å². The van der Waals surface area contributed by atoms with Crippen molar-refractivity contribution in [1.82, 2.24) is 0 Å². The van der Waals surface area contributed by atoms with Gasteiger partial charge in [-0.2, -0.15) is 0 Å². The van der Waals surface area contributed by atoms with Crippen molar-refractivity contribution in [2.24, 2.45) is 5.92 Å². The second-order valence-corrected chi connectivity index (χ2v) is 10.5. The summed E-state index contributed by atoms with van der Waals surface area (Å²) in [7, 11) is 1.66. The van der Waals surface area contributed by atoms with Gasteiger partial charge in [0.25, 0.3) is 0 Å². The fourth-order valence-electron chi connectivity index (χ4n) is 2.43. The predicted molar refractivity (Wildman–Crippen MR) is 85.9 cm³/mol. The van der Waals surface area contributed by atoms with Gasteiger partial charge < -0.3 is 0 Å². The Morgan fingerprint density at radius 3 is 2.47 bits per heavy atom. The second kappa shape index (κ2) is 8.19. The van der Waals surface area contributed by atoms with Crippen LogP contribution in [0.1, 0.15) is 25.8 Å². The van der Waals surface area contributed by atoms with Crippen LogP contribution in [0.25, 0.3) is 0 Å². The summed E-state index contributed by atoms with van der Waals surface area (Å²) < 4.78 is 5.25. The van der Waals surface area contributed by atoms with Crippen LogP contribution in [-0.4, -0.2) is 26.9 Å². The molecule has 0 unspecified atom stereocenters. The molecule has 0 aromatic heterocycles. The van der Waals surface area contributed by atoms with Gasteiger partial charge in [0.15, 0.2) is 0 Å². The zero-order valence-corrected chi connectivity index (χ0v) is 15.2. The van der Waals surface area contributed by atoms with Crippen molar-refractivity contribution in [1.29, 1.82) is 0 Å². The standard InChI is InChI=1S/C15H25AsO2.ClH/c1-6-15(17,12(2)11-16(3)4)13-8-7-9-14(10-13)18-5;/h7-10,12,17H,6,11H2,1-5H3;1H/t12-,15-;/m1./s1. The molecule has 2 nitrogen and oxygen atoms in total. The van der Waals surface area contributed by atoms with Gasteiger partial charge in [-0.3, -0.25) is 0 Å². The Labute approximate surface area is 128 Å². The molecule has 0 amide bonds. The van der Waals surface area contributed by atoms with E-state index in [1.165, 1.54) is 0 Å². The van der Waals surface area contributed by atoms with E-state index in [-0.39, 0.29) is 12.4 Å². The summed E-state index contributed by atoms with van der Waals surface area (Å²) in [5.74, 6) is 1.11. The number of hydrogen-bond donors (Lipinski definition) is 1. The van der Waals surface area contributed by atoms with Crippen LogP contribution in [0.15, 0.2) is 24.3 Å². The summed E-state index contributed by atoms with van der Waals surface area (Å²) in [6.07, 6.45) is 0.740. The SMILES string of the molecule is CC[C@](O)(c1cccc(OC)c1)[C@H](C)C[As](C)C.Cl. The minimum atomic E-state index is -0.740. The molecule has 1 N–H and O–H groups in total. The molecule has 0 aliphatic carbocycles. The first-order chi connectivity index (χ1) is 8.43. The maximum Gasteiger partial charge on any atom is -0.147 e. The molecule has 0 fully saturated rings. The van der Waals surface area contributed by atoms with E-state index >= 15 is 0 Å². The summed E-state index contributed by atoms with van der Waals surface area (Å²) in [6.45, 7) is 4.22. The molecule has 0 bridgehead atoms. The molecule has 110 valence electrons. The molecule has 0 saturated carbocycles. The average molecular weight is 349 g/mol. The van der Waals surface area contributed by atoms with Crippen molar-refractivity contribution in [3.8, 4) is 5.75 Å². The topological polar surface area (TPSA) is 29.5 Å². The Bertz CT molecular complexity index is 384. The van der Waals surface area contributed by atoms with E-state index in [4.69, 9.17) is 4.74 Å². The maximum atomic E-state index is 11.0. The molecule has 19 heavy (non-hydrogen) atoms. The van der Waals surface area contributed by atoms with Gasteiger partial charge in [0, 0.05) is 0 Å². The summed E-state index contributed by atoms with van der Waals surface area (Å²) in [6, 6.07) is 7.84. The monoisotopic (exact) mass is 348 g/mol. The first-order valence-corrected chi connectivity index (χ1v) is 11.5. The number of aliphatic hydroxyl groups is 1. The Morgan fingerprint density at radius 2 is 2.00 bits per heavy atom. The van der Waals surface area contributed by atoms with Gasteiger partial charge in [0.1, 0.15) is 0 Å². The Kier molecular flexibility index (Phi) is 8.12. The van der Waals surface area contributed by atoms with Gasteiger partial charge in [-0.05, 0) is 0 Å². The van der Waals surface area contributed by atoms with Crippen molar-refractivity contribution < 1.29 is 9.84 Å². The average Bonchev–Trinajstić information content (AvgIpc) is 2.37. The smallest absolute Gasteiger partial charge is 0.147 e. The van der Waals surface area contributed by atoms with Crippen molar-refractivity contribution in [2.45, 2.75) is 42.5 Å². The van der Waals surface area contributed by atoms with E-state index in [9.17, 15) is 5.11 Å². The van der Waals surface area contributed by atoms with Gasteiger partial charge in [0.2, 0.25) is 0 Å². The molecule has 1 aromatic carbocycles. The minimum absolute atomic E-state index is 0. The van der Waals surface area contributed by atoms with Crippen molar-refractivity contribution in [3.63, 3.8) is 0 Å². The van der Waals surface area contributed by atoms with Crippen LogP contribution in [-0.2, 0) is 5.60 Å². The van der Waals surface area contributed by atoms with Crippen LogP contribution < -0.4 is 4.74 Å². The van der Waals surface area contributed by atoms with E-state index in [0.29, 0.717) is 5.92 Å². The van der Waals surface area contributed by atoms with E-state index in [1.54, 1.807) is 7.11 Å². The van der Waals surface area contributed by atoms with E-state index < -0.39 is 20.3 Å². The molecule has 0 spiro atoms. The number of ether oxygens (including phenoxy) is 1. The molecule has 0 saturated heterocycles. The summed E-state index contributed by atoms with van der Waals surface area (Å²) in [4.78, 5) is 0. The summed E-state index contributed by atoms with van der Waals surface area (Å²) in [5.41, 5.74) is 4.93. The van der Waals surface area contributed by atoms with Gasteiger partial charge in [-0.15, -0.1) is 12.4 Å². The van der Waals surface area contributed by atoms with Crippen molar-refractivity contribution in [3.05, 3.63) is 29.8 Å². The van der Waals surface area contributed by atoms with Crippen LogP contribution >= 0.6 is 12.4 Å². The molecule has 1 rings (SSSR count). The van der Waals surface area contributed by atoms with Crippen LogP contribution in [0.4, 0.5) is 0 Å². The fourth-order valence-corrected chi connectivity index (χ4v) is 5.36. The van der Waals surface area contributed by atoms with Gasteiger partial charge in [-0.25, -0.2) is 0 Å². The van der Waals surface area contributed by atoms with Crippen molar-refractivity contribution in [2.75, 3.05) is 7.11 Å². The molecule has 0 heterocycles. The molecule has 4 heteroatoms. The normalized spacial score (nSPS) is 15.5. The summed E-state index contributed by atoms with van der Waals surface area (Å²) >= 11 is -0.740.